The average Bonchev–Trinajstić information content (AvgIpc) is 2.89. The van der Waals surface area contributed by atoms with Crippen LogP contribution in [0.15, 0.2) is 30.3 Å². The minimum atomic E-state index is -0.904. The summed E-state index contributed by atoms with van der Waals surface area (Å²) in [5.41, 5.74) is 2.22. The summed E-state index contributed by atoms with van der Waals surface area (Å²) in [6.07, 6.45) is 9.61. The summed E-state index contributed by atoms with van der Waals surface area (Å²) in [6, 6.07) is 8.98. The van der Waals surface area contributed by atoms with Gasteiger partial charge < -0.3 is 10.0 Å². The first kappa shape index (κ1) is 13.2. The van der Waals surface area contributed by atoms with Crippen molar-refractivity contribution in [2.45, 2.75) is 38.1 Å². The van der Waals surface area contributed by atoms with E-state index in [9.17, 15) is 4.79 Å². The molecule has 2 atom stereocenters. The second-order valence-corrected chi connectivity index (χ2v) is 5.86. The van der Waals surface area contributed by atoms with E-state index in [0.29, 0.717) is 0 Å². The first-order valence-corrected chi connectivity index (χ1v) is 7.52. The number of aliphatic carboxylic acids is 1. The molecule has 1 aromatic carbocycles. The highest BCUT2D eigenvalue weighted by atomic mass is 16.4. The molecule has 1 N–H and O–H groups in total. The van der Waals surface area contributed by atoms with Gasteiger partial charge >= 0.3 is 5.97 Å². The molecule has 1 aromatic rings. The summed E-state index contributed by atoms with van der Waals surface area (Å²) in [7, 11) is 0. The van der Waals surface area contributed by atoms with Crippen LogP contribution in [-0.2, 0) is 4.79 Å². The maximum Gasteiger partial charge on any atom is 0.328 e. The third-order valence-electron chi connectivity index (χ3n) is 4.65. The smallest absolute Gasteiger partial charge is 0.328 e. The highest BCUT2D eigenvalue weighted by Gasteiger charge is 2.35. The van der Waals surface area contributed by atoms with E-state index in [1.807, 2.05) is 12.1 Å². The molecule has 1 saturated carbocycles. The van der Waals surface area contributed by atoms with Crippen LogP contribution in [0, 0.1) is 5.92 Å². The van der Waals surface area contributed by atoms with Gasteiger partial charge in [0.2, 0.25) is 0 Å². The number of hydrogen-bond acceptors (Lipinski definition) is 2. The van der Waals surface area contributed by atoms with Crippen LogP contribution in [0.2, 0.25) is 0 Å². The standard InChI is InChI=1S/C17H21NO2/c19-17(20)10-7-13-5-8-15(9-6-13)18-12-11-14-3-1-2-4-16(14)18/h5-10,14,16H,1-4,11-12H2,(H,19,20)/b10-7+. The molecule has 2 fully saturated rings. The number of benzene rings is 1. The topological polar surface area (TPSA) is 40.5 Å². The monoisotopic (exact) mass is 271 g/mol. The number of nitrogens with zero attached hydrogens (tertiary/aromatic N) is 1. The second-order valence-electron chi connectivity index (χ2n) is 5.86. The summed E-state index contributed by atoms with van der Waals surface area (Å²) < 4.78 is 0. The van der Waals surface area contributed by atoms with Gasteiger partial charge in [-0.15, -0.1) is 0 Å². The molecule has 106 valence electrons. The summed E-state index contributed by atoms with van der Waals surface area (Å²) in [6.45, 7) is 1.17. The van der Waals surface area contributed by atoms with E-state index in [2.05, 4.69) is 17.0 Å². The Balaban J connectivity index is 1.73. The molecule has 20 heavy (non-hydrogen) atoms. The minimum absolute atomic E-state index is 0.726. The van der Waals surface area contributed by atoms with Crippen molar-refractivity contribution < 1.29 is 9.90 Å². The fraction of sp³-hybridized carbons (Fsp3) is 0.471. The lowest BCUT2D eigenvalue weighted by Crippen LogP contribution is -2.34. The first-order chi connectivity index (χ1) is 9.74. The molecule has 3 nitrogen and oxygen atoms in total. The molecule has 2 unspecified atom stereocenters. The third-order valence-corrected chi connectivity index (χ3v) is 4.65. The number of carboxylic acids is 1. The molecule has 0 bridgehead atoms. The van der Waals surface area contributed by atoms with Crippen LogP contribution < -0.4 is 4.90 Å². The first-order valence-electron chi connectivity index (χ1n) is 7.52. The molecule has 0 amide bonds. The van der Waals surface area contributed by atoms with Crippen LogP contribution in [0.3, 0.4) is 0 Å². The largest absolute Gasteiger partial charge is 0.478 e. The van der Waals surface area contributed by atoms with Gasteiger partial charge in [0.05, 0.1) is 0 Å². The molecular formula is C17H21NO2. The van der Waals surface area contributed by atoms with E-state index in [0.717, 1.165) is 17.5 Å². The van der Waals surface area contributed by atoms with E-state index in [-0.39, 0.29) is 0 Å². The molecule has 2 aliphatic rings. The number of anilines is 1. The predicted octanol–water partition coefficient (Wildman–Crippen LogP) is 3.55. The van der Waals surface area contributed by atoms with Gasteiger partial charge in [-0.05, 0) is 49.0 Å². The Kier molecular flexibility index (Phi) is 3.77. The second kappa shape index (κ2) is 5.70. The van der Waals surface area contributed by atoms with Gasteiger partial charge in [-0.25, -0.2) is 4.79 Å². The Morgan fingerprint density at radius 2 is 1.90 bits per heavy atom. The number of carboxylic acid groups (broad SMARTS) is 1. The van der Waals surface area contributed by atoms with Crippen LogP contribution in [-0.4, -0.2) is 23.7 Å². The van der Waals surface area contributed by atoms with Gasteiger partial charge in [0.25, 0.3) is 0 Å². The Hall–Kier alpha value is -1.77. The van der Waals surface area contributed by atoms with Crippen molar-refractivity contribution >= 4 is 17.7 Å². The SMILES string of the molecule is O=C(O)/C=C/c1ccc(N2CCC3CCCCC32)cc1. The number of hydrogen-bond donors (Lipinski definition) is 1. The van der Waals surface area contributed by atoms with Crippen molar-refractivity contribution in [1.82, 2.24) is 0 Å². The van der Waals surface area contributed by atoms with E-state index in [1.165, 1.54) is 50.4 Å². The van der Waals surface area contributed by atoms with Gasteiger partial charge in [-0.3, -0.25) is 0 Å². The fourth-order valence-corrected chi connectivity index (χ4v) is 3.67. The Morgan fingerprint density at radius 3 is 2.65 bits per heavy atom. The number of fused-ring (bicyclic) bond motifs is 1. The van der Waals surface area contributed by atoms with Gasteiger partial charge in [0.15, 0.2) is 0 Å². The highest BCUT2D eigenvalue weighted by molar-refractivity contribution is 5.85. The molecule has 3 rings (SSSR count). The van der Waals surface area contributed by atoms with Crippen molar-refractivity contribution in [3.63, 3.8) is 0 Å². The van der Waals surface area contributed by atoms with Crippen LogP contribution in [0.1, 0.15) is 37.7 Å². The number of rotatable bonds is 3. The molecule has 1 saturated heterocycles. The molecule has 1 heterocycles. The molecule has 1 aliphatic heterocycles. The predicted molar refractivity (Wildman–Crippen MR) is 80.8 cm³/mol. The van der Waals surface area contributed by atoms with Crippen molar-refractivity contribution in [1.29, 1.82) is 0 Å². The van der Waals surface area contributed by atoms with E-state index in [1.54, 1.807) is 6.08 Å². The maximum absolute atomic E-state index is 10.5. The zero-order valence-electron chi connectivity index (χ0n) is 11.7. The van der Waals surface area contributed by atoms with Crippen LogP contribution in [0.4, 0.5) is 5.69 Å². The highest BCUT2D eigenvalue weighted by Crippen LogP contribution is 2.38. The molecule has 0 aromatic heterocycles. The van der Waals surface area contributed by atoms with Crippen molar-refractivity contribution in [3.8, 4) is 0 Å². The summed E-state index contributed by atoms with van der Waals surface area (Å²) in [4.78, 5) is 13.1. The van der Waals surface area contributed by atoms with Crippen LogP contribution in [0.5, 0.6) is 0 Å². The lowest BCUT2D eigenvalue weighted by Gasteiger charge is -2.33. The molecule has 3 heteroatoms. The molecule has 0 radical (unpaired) electrons. The average molecular weight is 271 g/mol. The van der Waals surface area contributed by atoms with E-state index < -0.39 is 5.97 Å². The quantitative estimate of drug-likeness (QED) is 0.855. The van der Waals surface area contributed by atoms with E-state index in [4.69, 9.17) is 5.11 Å². The summed E-state index contributed by atoms with van der Waals surface area (Å²) >= 11 is 0. The van der Waals surface area contributed by atoms with Gasteiger partial charge in [0.1, 0.15) is 0 Å². The number of carbonyl (C=O) groups is 1. The lowest BCUT2D eigenvalue weighted by molar-refractivity contribution is -0.131. The Labute approximate surface area is 119 Å². The maximum atomic E-state index is 10.5. The molecule has 1 aliphatic carbocycles. The third kappa shape index (κ3) is 2.72. The zero-order valence-corrected chi connectivity index (χ0v) is 11.7. The van der Waals surface area contributed by atoms with Crippen molar-refractivity contribution in [3.05, 3.63) is 35.9 Å². The molecule has 0 spiro atoms. The van der Waals surface area contributed by atoms with E-state index >= 15 is 0 Å². The van der Waals surface area contributed by atoms with Crippen LogP contribution >= 0.6 is 0 Å². The van der Waals surface area contributed by atoms with Crippen molar-refractivity contribution in [2.24, 2.45) is 5.92 Å². The minimum Gasteiger partial charge on any atom is -0.478 e. The molecular weight excluding hydrogens is 250 g/mol. The van der Waals surface area contributed by atoms with Gasteiger partial charge in [-0.1, -0.05) is 25.0 Å². The lowest BCUT2D eigenvalue weighted by atomic mass is 9.85. The Bertz CT molecular complexity index is 506. The summed E-state index contributed by atoms with van der Waals surface area (Å²) in [5.74, 6) is -0.0194. The van der Waals surface area contributed by atoms with Crippen LogP contribution in [0.25, 0.3) is 6.08 Å². The van der Waals surface area contributed by atoms with Crippen molar-refractivity contribution in [2.75, 3.05) is 11.4 Å². The Morgan fingerprint density at radius 1 is 1.15 bits per heavy atom. The zero-order chi connectivity index (χ0) is 13.9. The summed E-state index contributed by atoms with van der Waals surface area (Å²) in [5, 5.41) is 8.64. The normalized spacial score (nSPS) is 25.9. The fourth-order valence-electron chi connectivity index (χ4n) is 3.67. The van der Waals surface area contributed by atoms with Gasteiger partial charge in [-0.2, -0.15) is 0 Å². The van der Waals surface area contributed by atoms with Gasteiger partial charge in [0, 0.05) is 24.4 Å².